The minimum Gasteiger partial charge on any atom is -0.392 e. The molecule has 1 aromatic carbocycles. The van der Waals surface area contributed by atoms with Gasteiger partial charge in [-0.25, -0.2) is 0 Å². The lowest BCUT2D eigenvalue weighted by Gasteiger charge is -2.46. The molecule has 2 aliphatic rings. The van der Waals surface area contributed by atoms with Crippen molar-refractivity contribution in [3.8, 4) is 0 Å². The number of likely N-dealkylation sites (N-methyl/N-ethyl adjacent to an activating group) is 1. The summed E-state index contributed by atoms with van der Waals surface area (Å²) in [5.74, 6) is -1.50. The molecular weight excluding hydrogens is 510 g/mol. The highest BCUT2D eigenvalue weighted by molar-refractivity contribution is 5.79. The van der Waals surface area contributed by atoms with E-state index in [2.05, 4.69) is 29.7 Å². The molecule has 2 aliphatic heterocycles. The fourth-order valence-electron chi connectivity index (χ4n) is 6.40. The zero-order chi connectivity index (χ0) is 29.6. The molecular formula is C31H53N3O6. The Morgan fingerprint density at radius 3 is 2.42 bits per heavy atom. The molecule has 228 valence electrons. The quantitative estimate of drug-likeness (QED) is 0.368. The molecule has 0 aliphatic carbocycles. The molecule has 9 heteroatoms. The smallest absolute Gasteiger partial charge is 0.225 e. The Balaban J connectivity index is 1.86. The number of amides is 1. The van der Waals surface area contributed by atoms with Crippen molar-refractivity contribution in [2.45, 2.75) is 109 Å². The van der Waals surface area contributed by atoms with Gasteiger partial charge in [0.05, 0.1) is 29.8 Å². The van der Waals surface area contributed by atoms with Gasteiger partial charge in [0.25, 0.3) is 0 Å². The summed E-state index contributed by atoms with van der Waals surface area (Å²) in [6, 6.07) is 9.82. The van der Waals surface area contributed by atoms with Crippen LogP contribution in [0.5, 0.6) is 0 Å². The van der Waals surface area contributed by atoms with Crippen molar-refractivity contribution in [2.24, 2.45) is 17.8 Å². The maximum absolute atomic E-state index is 13.4. The van der Waals surface area contributed by atoms with Crippen LogP contribution in [0, 0.1) is 17.8 Å². The molecule has 2 fully saturated rings. The number of rotatable bonds is 5. The molecule has 1 aromatic rings. The zero-order valence-corrected chi connectivity index (χ0v) is 25.4. The van der Waals surface area contributed by atoms with Crippen LogP contribution in [0.2, 0.25) is 0 Å². The van der Waals surface area contributed by atoms with Crippen LogP contribution in [0.3, 0.4) is 0 Å². The minimum absolute atomic E-state index is 0.0870. The lowest BCUT2D eigenvalue weighted by molar-refractivity contribution is -0.299. The van der Waals surface area contributed by atoms with Gasteiger partial charge >= 0.3 is 0 Å². The van der Waals surface area contributed by atoms with Crippen molar-refractivity contribution in [1.82, 2.24) is 15.5 Å². The highest BCUT2D eigenvalue weighted by Gasteiger charge is 2.47. The number of hydrogen-bond donors (Lipinski definition) is 5. The SMILES string of the molecule is C[C@H]1CNCCC(Cc2ccccc2)NC(=O)[C@H](C)[C@@H](O)[C@H](C)[C@@H](O[C@@H]2O[C@H](C)C[C@H](N(C)C)[C@H]2O)[C@](C)(O)C1. The highest BCUT2D eigenvalue weighted by Crippen LogP contribution is 2.35. The van der Waals surface area contributed by atoms with E-state index in [4.69, 9.17) is 9.47 Å². The van der Waals surface area contributed by atoms with E-state index in [0.29, 0.717) is 32.4 Å². The fourth-order valence-corrected chi connectivity index (χ4v) is 6.40. The van der Waals surface area contributed by atoms with E-state index in [1.54, 1.807) is 20.8 Å². The van der Waals surface area contributed by atoms with Gasteiger partial charge in [0.2, 0.25) is 5.91 Å². The molecule has 2 heterocycles. The molecule has 11 atom stereocenters. The van der Waals surface area contributed by atoms with Crippen LogP contribution in [0.25, 0.3) is 0 Å². The Kier molecular flexibility index (Phi) is 12.0. The first kappa shape index (κ1) is 32.9. The third-order valence-corrected chi connectivity index (χ3v) is 8.71. The lowest BCUT2D eigenvalue weighted by atomic mass is 9.77. The maximum atomic E-state index is 13.4. The molecule has 0 radical (unpaired) electrons. The van der Waals surface area contributed by atoms with Crippen molar-refractivity contribution in [3.05, 3.63) is 35.9 Å². The molecule has 0 aromatic heterocycles. The monoisotopic (exact) mass is 563 g/mol. The fraction of sp³-hybridized carbons (Fsp3) is 0.774. The predicted octanol–water partition coefficient (Wildman–Crippen LogP) is 1.93. The second kappa shape index (κ2) is 14.5. The van der Waals surface area contributed by atoms with E-state index in [1.165, 1.54) is 0 Å². The van der Waals surface area contributed by atoms with Gasteiger partial charge in [-0.15, -0.1) is 0 Å². The largest absolute Gasteiger partial charge is 0.392 e. The highest BCUT2D eigenvalue weighted by atomic mass is 16.7. The Bertz CT molecular complexity index is 916. The molecule has 2 saturated heterocycles. The van der Waals surface area contributed by atoms with Crippen molar-refractivity contribution < 1.29 is 29.6 Å². The molecule has 5 N–H and O–H groups in total. The normalized spacial score (nSPS) is 40.8. The van der Waals surface area contributed by atoms with Crippen LogP contribution < -0.4 is 10.6 Å². The number of aliphatic hydroxyl groups is 3. The van der Waals surface area contributed by atoms with Crippen LogP contribution in [0.1, 0.15) is 59.4 Å². The second-order valence-electron chi connectivity index (χ2n) is 12.8. The van der Waals surface area contributed by atoms with Crippen molar-refractivity contribution in [2.75, 3.05) is 27.2 Å². The van der Waals surface area contributed by atoms with E-state index in [9.17, 15) is 20.1 Å². The molecule has 1 amide bonds. The van der Waals surface area contributed by atoms with Crippen LogP contribution in [0.15, 0.2) is 30.3 Å². The summed E-state index contributed by atoms with van der Waals surface area (Å²) >= 11 is 0. The number of hydrogen-bond acceptors (Lipinski definition) is 8. The third kappa shape index (κ3) is 8.71. The average molecular weight is 564 g/mol. The van der Waals surface area contributed by atoms with Gasteiger partial charge in [-0.2, -0.15) is 0 Å². The zero-order valence-electron chi connectivity index (χ0n) is 25.4. The third-order valence-electron chi connectivity index (χ3n) is 8.71. The summed E-state index contributed by atoms with van der Waals surface area (Å²) in [5.41, 5.74) is -0.209. The van der Waals surface area contributed by atoms with E-state index < -0.39 is 42.0 Å². The Hall–Kier alpha value is -1.59. The molecule has 40 heavy (non-hydrogen) atoms. The summed E-state index contributed by atoms with van der Waals surface area (Å²) in [6.45, 7) is 10.6. The average Bonchev–Trinajstić information content (AvgIpc) is 2.89. The molecule has 0 bridgehead atoms. The summed E-state index contributed by atoms with van der Waals surface area (Å²) in [6.07, 6.45) is -1.54. The second-order valence-corrected chi connectivity index (χ2v) is 12.8. The van der Waals surface area contributed by atoms with Gasteiger partial charge in [-0.05, 0) is 78.2 Å². The topological polar surface area (TPSA) is 124 Å². The molecule has 9 nitrogen and oxygen atoms in total. The minimum atomic E-state index is -1.35. The predicted molar refractivity (Wildman–Crippen MR) is 156 cm³/mol. The summed E-state index contributed by atoms with van der Waals surface area (Å²) in [5, 5.41) is 41.1. The number of carbonyl (C=O) groups is 1. The Morgan fingerprint density at radius 2 is 1.77 bits per heavy atom. The van der Waals surface area contributed by atoms with E-state index in [0.717, 1.165) is 12.0 Å². The van der Waals surface area contributed by atoms with Crippen LogP contribution in [0.4, 0.5) is 0 Å². The first-order valence-electron chi connectivity index (χ1n) is 14.9. The van der Waals surface area contributed by atoms with Gasteiger partial charge in [0.15, 0.2) is 6.29 Å². The van der Waals surface area contributed by atoms with E-state index in [1.807, 2.05) is 44.1 Å². The first-order valence-corrected chi connectivity index (χ1v) is 14.9. The van der Waals surface area contributed by atoms with Crippen molar-refractivity contribution >= 4 is 5.91 Å². The summed E-state index contributed by atoms with van der Waals surface area (Å²) in [7, 11) is 3.82. The number of benzene rings is 1. The number of ether oxygens (including phenoxy) is 2. The molecule has 0 spiro atoms. The van der Waals surface area contributed by atoms with Crippen LogP contribution in [-0.4, -0.2) is 102 Å². The van der Waals surface area contributed by atoms with Gasteiger partial charge < -0.3 is 40.3 Å². The molecule has 0 saturated carbocycles. The molecule has 1 unspecified atom stereocenters. The van der Waals surface area contributed by atoms with Crippen LogP contribution in [-0.2, 0) is 20.7 Å². The standard InChI is InChI=1S/C31H53N3O6/c1-19-17-31(5,38)28(40-30-27(36)25(34(6)7)15-20(2)39-30)21(3)26(35)22(4)29(37)33-24(13-14-32-18-19)16-23-11-9-8-10-12-23/h8-12,19-22,24-28,30,32,35-36,38H,13-18H2,1-7H3,(H,33,37)/t19-,20-,21+,22-,24?,25+,26+,27-,28-,30+,31-/m1/s1. The summed E-state index contributed by atoms with van der Waals surface area (Å²) < 4.78 is 12.5. The molecule has 3 rings (SSSR count). The van der Waals surface area contributed by atoms with Gasteiger partial charge in [-0.1, -0.05) is 51.1 Å². The number of aliphatic hydroxyl groups excluding tert-OH is 2. The Labute approximate surface area is 240 Å². The Morgan fingerprint density at radius 1 is 1.10 bits per heavy atom. The summed E-state index contributed by atoms with van der Waals surface area (Å²) in [4.78, 5) is 15.4. The van der Waals surface area contributed by atoms with Gasteiger partial charge in [0.1, 0.15) is 6.10 Å². The lowest BCUT2D eigenvalue weighted by Crippen LogP contribution is -2.59. The number of nitrogens with one attached hydrogen (secondary N) is 2. The van der Waals surface area contributed by atoms with Crippen molar-refractivity contribution in [3.63, 3.8) is 0 Å². The number of nitrogens with zero attached hydrogens (tertiary/aromatic N) is 1. The van der Waals surface area contributed by atoms with E-state index >= 15 is 0 Å². The number of carbonyl (C=O) groups excluding carboxylic acids is 1. The maximum Gasteiger partial charge on any atom is 0.225 e. The van der Waals surface area contributed by atoms with Crippen LogP contribution >= 0.6 is 0 Å². The van der Waals surface area contributed by atoms with Gasteiger partial charge in [0, 0.05) is 18.0 Å². The van der Waals surface area contributed by atoms with Gasteiger partial charge in [-0.3, -0.25) is 4.79 Å². The first-order chi connectivity index (χ1) is 18.8. The van der Waals surface area contributed by atoms with E-state index in [-0.39, 0.29) is 30.0 Å². The van der Waals surface area contributed by atoms with Crippen molar-refractivity contribution in [1.29, 1.82) is 0 Å².